The predicted molar refractivity (Wildman–Crippen MR) is 64.4 cm³/mol. The summed E-state index contributed by atoms with van der Waals surface area (Å²) in [6.45, 7) is 0. The van der Waals surface area contributed by atoms with Crippen molar-refractivity contribution in [2.75, 3.05) is 5.75 Å². The molecule has 0 radical (unpaired) electrons. The largest absolute Gasteiger partial charge is 0.477 e. The first-order valence-corrected chi connectivity index (χ1v) is 6.04. The van der Waals surface area contributed by atoms with Gasteiger partial charge < -0.3 is 5.11 Å². The number of carboxylic acid groups (broad SMARTS) is 1. The molecule has 2 aromatic heterocycles. The third kappa shape index (κ3) is 1.76. The number of carboxylic acids is 1. The molecule has 3 rings (SSSR count). The van der Waals surface area contributed by atoms with Crippen molar-refractivity contribution in [3.05, 3.63) is 24.5 Å². The van der Waals surface area contributed by atoms with Crippen molar-refractivity contribution in [2.24, 2.45) is 5.10 Å². The number of rotatable bonds is 2. The van der Waals surface area contributed by atoms with Crippen LogP contribution >= 0.6 is 11.8 Å². The molecule has 0 bridgehead atoms. The molecule has 90 valence electrons. The van der Waals surface area contributed by atoms with Crippen LogP contribution in [0, 0.1) is 0 Å². The second-order valence-corrected chi connectivity index (χ2v) is 4.44. The molecule has 8 heteroatoms. The highest BCUT2D eigenvalue weighted by Gasteiger charge is 2.22. The van der Waals surface area contributed by atoms with Crippen LogP contribution < -0.4 is 0 Å². The summed E-state index contributed by atoms with van der Waals surface area (Å²) in [5.41, 5.74) is 0.824. The Morgan fingerprint density at radius 1 is 1.44 bits per heavy atom. The fraction of sp³-hybridized carbons (Fsp3) is 0.100. The zero-order chi connectivity index (χ0) is 12.5. The summed E-state index contributed by atoms with van der Waals surface area (Å²) >= 11 is 1.30. The van der Waals surface area contributed by atoms with Gasteiger partial charge in [0.05, 0.1) is 5.75 Å². The molecule has 0 fully saturated rings. The number of fused-ring (bicyclic) bond motifs is 1. The van der Waals surface area contributed by atoms with Gasteiger partial charge in [0.1, 0.15) is 0 Å². The van der Waals surface area contributed by atoms with E-state index < -0.39 is 5.97 Å². The zero-order valence-corrected chi connectivity index (χ0v) is 9.83. The highest BCUT2D eigenvalue weighted by atomic mass is 32.2. The fourth-order valence-electron chi connectivity index (χ4n) is 1.51. The Hall–Kier alpha value is -2.22. The molecule has 0 amide bonds. The van der Waals surface area contributed by atoms with Crippen molar-refractivity contribution in [3.8, 4) is 11.4 Å². The maximum atomic E-state index is 10.9. The van der Waals surface area contributed by atoms with Gasteiger partial charge in [0.25, 0.3) is 0 Å². The van der Waals surface area contributed by atoms with Gasteiger partial charge in [0, 0.05) is 18.0 Å². The molecular formula is C10H7N5O2S. The summed E-state index contributed by atoms with van der Waals surface area (Å²) in [7, 11) is 0. The van der Waals surface area contributed by atoms with E-state index in [2.05, 4.69) is 20.3 Å². The van der Waals surface area contributed by atoms with E-state index in [-0.39, 0.29) is 5.71 Å². The number of nitrogens with zero attached hydrogens (tertiary/aromatic N) is 5. The van der Waals surface area contributed by atoms with Crippen molar-refractivity contribution in [1.82, 2.24) is 19.9 Å². The summed E-state index contributed by atoms with van der Waals surface area (Å²) in [6.07, 6.45) is 3.28. The van der Waals surface area contributed by atoms with Crippen LogP contribution in [-0.4, -0.2) is 42.4 Å². The molecular weight excluding hydrogens is 254 g/mol. The average Bonchev–Trinajstić information content (AvgIpc) is 2.82. The highest BCUT2D eigenvalue weighted by molar-refractivity contribution is 8.00. The first-order chi connectivity index (χ1) is 8.75. The van der Waals surface area contributed by atoms with Gasteiger partial charge in [-0.2, -0.15) is 9.78 Å². The van der Waals surface area contributed by atoms with Gasteiger partial charge in [-0.1, -0.05) is 11.8 Å². The van der Waals surface area contributed by atoms with Crippen molar-refractivity contribution in [1.29, 1.82) is 0 Å². The lowest BCUT2D eigenvalue weighted by molar-refractivity contribution is -0.129. The van der Waals surface area contributed by atoms with Gasteiger partial charge in [0.15, 0.2) is 11.5 Å². The zero-order valence-electron chi connectivity index (χ0n) is 9.02. The molecule has 1 aliphatic rings. The van der Waals surface area contributed by atoms with Crippen LogP contribution in [0.5, 0.6) is 0 Å². The van der Waals surface area contributed by atoms with Crippen LogP contribution in [0.2, 0.25) is 0 Å². The second kappa shape index (κ2) is 4.22. The Morgan fingerprint density at radius 3 is 3.06 bits per heavy atom. The molecule has 1 N–H and O–H groups in total. The molecule has 0 atom stereocenters. The maximum Gasteiger partial charge on any atom is 0.352 e. The van der Waals surface area contributed by atoms with E-state index in [1.54, 1.807) is 18.5 Å². The lowest BCUT2D eigenvalue weighted by Crippen LogP contribution is -2.21. The molecule has 0 aliphatic carbocycles. The van der Waals surface area contributed by atoms with Gasteiger partial charge in [-0.3, -0.25) is 4.98 Å². The molecule has 0 unspecified atom stereocenters. The maximum absolute atomic E-state index is 10.9. The second-order valence-electron chi connectivity index (χ2n) is 3.50. The third-order valence-corrected chi connectivity index (χ3v) is 3.27. The monoisotopic (exact) mass is 261 g/mol. The standard InChI is InChI=1S/C10H7N5O2S/c16-9(17)7-5-18-10-13-12-8(15(10)14-7)6-2-1-3-11-4-6/h1-4H,5H2,(H,16,17). The Labute approximate surface area is 106 Å². The molecule has 1 aliphatic heterocycles. The highest BCUT2D eigenvalue weighted by Crippen LogP contribution is 2.26. The summed E-state index contributed by atoms with van der Waals surface area (Å²) in [4.78, 5) is 14.9. The molecule has 0 spiro atoms. The molecule has 3 heterocycles. The van der Waals surface area contributed by atoms with Crippen molar-refractivity contribution in [3.63, 3.8) is 0 Å². The van der Waals surface area contributed by atoms with E-state index >= 15 is 0 Å². The van der Waals surface area contributed by atoms with Crippen molar-refractivity contribution < 1.29 is 9.90 Å². The number of carbonyl (C=O) groups is 1. The lowest BCUT2D eigenvalue weighted by Gasteiger charge is -2.10. The third-order valence-electron chi connectivity index (χ3n) is 2.34. The molecule has 2 aromatic rings. The number of aliphatic carboxylic acids is 1. The van der Waals surface area contributed by atoms with Crippen LogP contribution in [0.25, 0.3) is 11.4 Å². The van der Waals surface area contributed by atoms with Crippen LogP contribution in [0.15, 0.2) is 34.8 Å². The predicted octanol–water partition coefficient (Wildman–Crippen LogP) is 0.735. The first kappa shape index (κ1) is 10.9. The van der Waals surface area contributed by atoms with E-state index in [1.165, 1.54) is 16.4 Å². The van der Waals surface area contributed by atoms with E-state index in [9.17, 15) is 4.79 Å². The van der Waals surface area contributed by atoms with Gasteiger partial charge in [0.2, 0.25) is 5.16 Å². The Balaban J connectivity index is 2.12. The minimum Gasteiger partial charge on any atom is -0.477 e. The number of hydrogen-bond acceptors (Lipinski definition) is 6. The molecule has 0 saturated carbocycles. The van der Waals surface area contributed by atoms with Gasteiger partial charge in [-0.15, -0.1) is 10.2 Å². The summed E-state index contributed by atoms with van der Waals surface area (Å²) in [6, 6.07) is 3.59. The lowest BCUT2D eigenvalue weighted by atomic mass is 10.3. The minimum absolute atomic E-state index is 0.0810. The van der Waals surface area contributed by atoms with Gasteiger partial charge in [-0.05, 0) is 12.1 Å². The number of hydrogen-bond donors (Lipinski definition) is 1. The van der Waals surface area contributed by atoms with Crippen LogP contribution in [0.4, 0.5) is 0 Å². The van der Waals surface area contributed by atoms with E-state index in [4.69, 9.17) is 5.11 Å². The van der Waals surface area contributed by atoms with Crippen LogP contribution in [0.3, 0.4) is 0 Å². The topological polar surface area (TPSA) is 93.3 Å². The number of thioether (sulfide) groups is 1. The molecule has 18 heavy (non-hydrogen) atoms. The van der Waals surface area contributed by atoms with E-state index in [0.29, 0.717) is 16.7 Å². The number of pyridine rings is 1. The quantitative estimate of drug-likeness (QED) is 0.856. The smallest absolute Gasteiger partial charge is 0.352 e. The Bertz CT molecular complexity index is 637. The molecule has 0 saturated heterocycles. The van der Waals surface area contributed by atoms with E-state index in [1.807, 2.05) is 6.07 Å². The Morgan fingerprint density at radius 2 is 2.33 bits per heavy atom. The fourth-order valence-corrected chi connectivity index (χ4v) is 2.30. The van der Waals surface area contributed by atoms with Gasteiger partial charge >= 0.3 is 5.97 Å². The Kier molecular flexibility index (Phi) is 2.56. The van der Waals surface area contributed by atoms with Crippen LogP contribution in [-0.2, 0) is 4.79 Å². The van der Waals surface area contributed by atoms with Gasteiger partial charge in [-0.25, -0.2) is 4.79 Å². The van der Waals surface area contributed by atoms with Crippen LogP contribution in [0.1, 0.15) is 0 Å². The molecule has 7 nitrogen and oxygen atoms in total. The van der Waals surface area contributed by atoms with Crippen molar-refractivity contribution in [2.45, 2.75) is 5.16 Å². The summed E-state index contributed by atoms with van der Waals surface area (Å²) in [5, 5.41) is 21.6. The minimum atomic E-state index is -1.03. The van der Waals surface area contributed by atoms with E-state index in [0.717, 1.165) is 5.56 Å². The SMILES string of the molecule is O=C(O)C1=Nn2c(nnc2-c2cccnc2)SC1. The first-order valence-electron chi connectivity index (χ1n) is 5.05. The summed E-state index contributed by atoms with van der Waals surface area (Å²) in [5.74, 6) is -0.247. The number of aromatic nitrogens is 4. The van der Waals surface area contributed by atoms with Crippen molar-refractivity contribution >= 4 is 23.4 Å². The average molecular weight is 261 g/mol. The normalized spacial score (nSPS) is 13.9. The molecule has 0 aromatic carbocycles. The summed E-state index contributed by atoms with van der Waals surface area (Å²) < 4.78 is 1.44.